The van der Waals surface area contributed by atoms with Crippen LogP contribution in [0.15, 0.2) is 10.6 Å². The van der Waals surface area contributed by atoms with Crippen molar-refractivity contribution in [3.8, 4) is 0 Å². The van der Waals surface area contributed by atoms with E-state index in [-0.39, 0.29) is 12.0 Å². The predicted molar refractivity (Wildman–Crippen MR) is 97.3 cm³/mol. The highest BCUT2D eigenvalue weighted by Crippen LogP contribution is 2.14. The molecule has 2 aliphatic rings. The van der Waals surface area contributed by atoms with E-state index >= 15 is 0 Å². The first kappa shape index (κ1) is 19.0. The molecule has 4 rings (SSSR count). The molecule has 152 valence electrons. The van der Waals surface area contributed by atoms with Gasteiger partial charge in [-0.15, -0.1) is 0 Å². The Bertz CT molecular complexity index is 780. The smallest absolute Gasteiger partial charge is 0.229 e. The number of rotatable bonds is 7. The topological polar surface area (TPSA) is 108 Å². The van der Waals surface area contributed by atoms with Crippen molar-refractivity contribution in [1.29, 1.82) is 0 Å². The van der Waals surface area contributed by atoms with Gasteiger partial charge in [0.1, 0.15) is 6.61 Å². The summed E-state index contributed by atoms with van der Waals surface area (Å²) in [4.78, 5) is 18.8. The molecule has 0 radical (unpaired) electrons. The summed E-state index contributed by atoms with van der Waals surface area (Å²) in [7, 11) is 1.58. The lowest BCUT2D eigenvalue weighted by atomic mass is 10.1. The van der Waals surface area contributed by atoms with E-state index in [9.17, 15) is 4.79 Å². The normalized spacial score (nSPS) is 19.6. The van der Waals surface area contributed by atoms with Gasteiger partial charge in [0.15, 0.2) is 5.82 Å². The average Bonchev–Trinajstić information content (AvgIpc) is 3.33. The van der Waals surface area contributed by atoms with E-state index in [1.165, 1.54) is 5.69 Å². The number of carbonyl (C=O) groups is 1. The monoisotopic (exact) mass is 390 g/mol. The number of ether oxygens (including phenoxy) is 2. The summed E-state index contributed by atoms with van der Waals surface area (Å²) >= 11 is 0. The van der Waals surface area contributed by atoms with Crippen molar-refractivity contribution in [2.75, 3.05) is 33.4 Å². The summed E-state index contributed by atoms with van der Waals surface area (Å²) in [5, 5.41) is 11.8. The summed E-state index contributed by atoms with van der Waals surface area (Å²) in [6.45, 7) is 4.63. The molecule has 28 heavy (non-hydrogen) atoms. The number of methoxy groups -OCH3 is 1. The SMILES string of the molecule is COCc1noc(C[C@H]2CN(C(=O)CCc3cc4n(n3)CCNC4)CCO2)n1. The van der Waals surface area contributed by atoms with Crippen LogP contribution in [0, 0.1) is 0 Å². The molecule has 0 unspecified atom stereocenters. The molecule has 1 atom stereocenters. The lowest BCUT2D eigenvalue weighted by Crippen LogP contribution is -2.46. The lowest BCUT2D eigenvalue weighted by Gasteiger charge is -2.32. The molecule has 0 aromatic carbocycles. The van der Waals surface area contributed by atoms with E-state index in [1.807, 2.05) is 9.58 Å². The van der Waals surface area contributed by atoms with Crippen molar-refractivity contribution in [1.82, 2.24) is 30.1 Å². The first-order valence-corrected chi connectivity index (χ1v) is 9.67. The first-order chi connectivity index (χ1) is 13.7. The second kappa shape index (κ2) is 8.80. The Hall–Kier alpha value is -2.30. The standard InChI is InChI=1S/C18H26N6O4/c1-26-12-16-20-17(28-22-16)9-15-11-23(6-7-27-15)18(25)3-2-13-8-14-10-19-4-5-24(14)21-13/h8,15,19H,2-7,9-12H2,1H3/t15-/m0/s1. The van der Waals surface area contributed by atoms with E-state index in [0.29, 0.717) is 57.3 Å². The van der Waals surface area contributed by atoms with Gasteiger partial charge in [0, 0.05) is 46.1 Å². The lowest BCUT2D eigenvalue weighted by molar-refractivity contribution is -0.138. The van der Waals surface area contributed by atoms with Crippen LogP contribution in [0.2, 0.25) is 0 Å². The number of nitrogens with one attached hydrogen (secondary N) is 1. The van der Waals surface area contributed by atoms with Gasteiger partial charge < -0.3 is 24.2 Å². The van der Waals surface area contributed by atoms with Crippen molar-refractivity contribution in [3.05, 3.63) is 29.2 Å². The van der Waals surface area contributed by atoms with Crippen molar-refractivity contribution < 1.29 is 18.8 Å². The zero-order valence-corrected chi connectivity index (χ0v) is 16.1. The second-order valence-corrected chi connectivity index (χ2v) is 7.10. The third kappa shape index (κ3) is 4.57. The number of hydrogen-bond donors (Lipinski definition) is 1. The van der Waals surface area contributed by atoms with Crippen molar-refractivity contribution in [2.45, 2.75) is 45.1 Å². The quantitative estimate of drug-likeness (QED) is 0.699. The van der Waals surface area contributed by atoms with Gasteiger partial charge in [0.25, 0.3) is 0 Å². The first-order valence-electron chi connectivity index (χ1n) is 9.67. The van der Waals surface area contributed by atoms with Gasteiger partial charge in [0.05, 0.1) is 37.1 Å². The number of nitrogens with zero attached hydrogens (tertiary/aromatic N) is 5. The molecule has 4 heterocycles. The third-order valence-electron chi connectivity index (χ3n) is 4.99. The highest BCUT2D eigenvalue weighted by molar-refractivity contribution is 5.76. The molecule has 0 aliphatic carbocycles. The molecule has 1 N–H and O–H groups in total. The average molecular weight is 390 g/mol. The van der Waals surface area contributed by atoms with Crippen LogP contribution in [0.1, 0.15) is 29.5 Å². The summed E-state index contributed by atoms with van der Waals surface area (Å²) in [6, 6.07) is 2.09. The Morgan fingerprint density at radius 3 is 3.21 bits per heavy atom. The Morgan fingerprint density at radius 1 is 1.43 bits per heavy atom. The molecule has 2 aliphatic heterocycles. The van der Waals surface area contributed by atoms with E-state index in [2.05, 4.69) is 26.6 Å². The van der Waals surface area contributed by atoms with Gasteiger partial charge in [-0.05, 0) is 6.07 Å². The Morgan fingerprint density at radius 2 is 2.36 bits per heavy atom. The van der Waals surface area contributed by atoms with Gasteiger partial charge in [-0.25, -0.2) is 0 Å². The van der Waals surface area contributed by atoms with Gasteiger partial charge in [-0.1, -0.05) is 5.16 Å². The molecule has 0 bridgehead atoms. The van der Waals surface area contributed by atoms with E-state index in [0.717, 1.165) is 25.3 Å². The summed E-state index contributed by atoms with van der Waals surface area (Å²) in [5.74, 6) is 1.14. The van der Waals surface area contributed by atoms with Gasteiger partial charge in [0.2, 0.25) is 11.8 Å². The van der Waals surface area contributed by atoms with Crippen molar-refractivity contribution in [2.24, 2.45) is 0 Å². The minimum Gasteiger partial charge on any atom is -0.377 e. The largest absolute Gasteiger partial charge is 0.377 e. The zero-order valence-electron chi connectivity index (χ0n) is 16.1. The van der Waals surface area contributed by atoms with Gasteiger partial charge in [-0.2, -0.15) is 10.1 Å². The number of morpholine rings is 1. The fraction of sp³-hybridized carbons (Fsp3) is 0.667. The number of fused-ring (bicyclic) bond motifs is 1. The Balaban J connectivity index is 1.27. The minimum atomic E-state index is -0.139. The van der Waals surface area contributed by atoms with Crippen LogP contribution in [0.4, 0.5) is 0 Å². The van der Waals surface area contributed by atoms with E-state index < -0.39 is 0 Å². The highest BCUT2D eigenvalue weighted by atomic mass is 16.5. The molecule has 1 saturated heterocycles. The van der Waals surface area contributed by atoms with Gasteiger partial charge >= 0.3 is 0 Å². The molecule has 2 aromatic heterocycles. The molecular weight excluding hydrogens is 364 g/mol. The predicted octanol–water partition coefficient (Wildman–Crippen LogP) is -0.0816. The molecule has 10 heteroatoms. The molecule has 2 aromatic rings. The van der Waals surface area contributed by atoms with E-state index in [1.54, 1.807) is 7.11 Å². The van der Waals surface area contributed by atoms with Crippen molar-refractivity contribution in [3.63, 3.8) is 0 Å². The Labute approximate surface area is 163 Å². The summed E-state index contributed by atoms with van der Waals surface area (Å²) < 4.78 is 18.0. The van der Waals surface area contributed by atoms with Crippen LogP contribution in [0.3, 0.4) is 0 Å². The van der Waals surface area contributed by atoms with Crippen LogP contribution in [0.5, 0.6) is 0 Å². The Kier molecular flexibility index (Phi) is 5.98. The number of aryl methyl sites for hydroxylation is 1. The fourth-order valence-corrected chi connectivity index (χ4v) is 3.59. The molecule has 10 nitrogen and oxygen atoms in total. The fourth-order valence-electron chi connectivity index (χ4n) is 3.59. The highest BCUT2D eigenvalue weighted by Gasteiger charge is 2.26. The second-order valence-electron chi connectivity index (χ2n) is 7.10. The maximum absolute atomic E-state index is 12.7. The molecule has 1 fully saturated rings. The number of hydrogen-bond acceptors (Lipinski definition) is 8. The number of carbonyl (C=O) groups excluding carboxylic acids is 1. The summed E-state index contributed by atoms with van der Waals surface area (Å²) in [6.07, 6.45) is 1.46. The maximum atomic E-state index is 12.7. The van der Waals surface area contributed by atoms with Crippen molar-refractivity contribution >= 4 is 5.91 Å². The number of aromatic nitrogens is 4. The van der Waals surface area contributed by atoms with Crippen LogP contribution < -0.4 is 5.32 Å². The number of amides is 1. The minimum absolute atomic E-state index is 0.128. The van der Waals surface area contributed by atoms with Gasteiger partial charge in [-0.3, -0.25) is 9.48 Å². The maximum Gasteiger partial charge on any atom is 0.229 e. The van der Waals surface area contributed by atoms with Crippen LogP contribution in [-0.2, 0) is 46.8 Å². The molecule has 0 spiro atoms. The van der Waals surface area contributed by atoms with Crippen LogP contribution in [0.25, 0.3) is 0 Å². The van der Waals surface area contributed by atoms with E-state index in [4.69, 9.17) is 14.0 Å². The summed E-state index contributed by atoms with van der Waals surface area (Å²) in [5.41, 5.74) is 2.17. The third-order valence-corrected chi connectivity index (χ3v) is 4.99. The molecular formula is C18H26N6O4. The molecule has 0 saturated carbocycles. The zero-order chi connectivity index (χ0) is 19.3. The van der Waals surface area contributed by atoms with Crippen LogP contribution in [-0.4, -0.2) is 70.2 Å². The van der Waals surface area contributed by atoms with Crippen LogP contribution >= 0.6 is 0 Å². The molecule has 1 amide bonds.